The van der Waals surface area contributed by atoms with E-state index in [1.54, 1.807) is 42.7 Å². The van der Waals surface area contributed by atoms with Gasteiger partial charge in [0.05, 0.1) is 16.1 Å². The Morgan fingerprint density at radius 1 is 0.964 bits per heavy atom. The Morgan fingerprint density at radius 3 is 2.50 bits per heavy atom. The zero-order valence-electron chi connectivity index (χ0n) is 15.2. The number of halogens is 1. The molecule has 0 N–H and O–H groups in total. The minimum absolute atomic E-state index is 0.166. The van der Waals surface area contributed by atoms with E-state index in [-0.39, 0.29) is 5.78 Å². The standard InChI is InChI=1S/C23H17ClN2O2/c1-15-21(28-14-16-5-3-2-4-6-16)10-8-18(24)22(15)23(27)17-7-9-19-20(13-17)26-12-11-25-19/h2-13H,14H2,1H3. The van der Waals surface area contributed by atoms with E-state index < -0.39 is 0 Å². The number of carbonyl (C=O) groups excluding carboxylic acids is 1. The molecule has 0 fully saturated rings. The highest BCUT2D eigenvalue weighted by Gasteiger charge is 2.19. The molecular formula is C23H17ClN2O2. The first-order valence-electron chi connectivity index (χ1n) is 8.85. The van der Waals surface area contributed by atoms with Crippen molar-refractivity contribution in [3.05, 3.63) is 100 Å². The summed E-state index contributed by atoms with van der Waals surface area (Å²) in [6.45, 7) is 2.27. The molecule has 4 nitrogen and oxygen atoms in total. The predicted molar refractivity (Wildman–Crippen MR) is 110 cm³/mol. The molecule has 0 aliphatic carbocycles. The third-order valence-corrected chi connectivity index (χ3v) is 4.88. The van der Waals surface area contributed by atoms with Crippen molar-refractivity contribution >= 4 is 28.4 Å². The maximum atomic E-state index is 13.2. The molecule has 0 radical (unpaired) electrons. The fourth-order valence-electron chi connectivity index (χ4n) is 3.08. The van der Waals surface area contributed by atoms with Crippen molar-refractivity contribution in [3.8, 4) is 5.75 Å². The molecule has 0 aliphatic rings. The zero-order valence-corrected chi connectivity index (χ0v) is 16.0. The van der Waals surface area contributed by atoms with Crippen molar-refractivity contribution in [2.45, 2.75) is 13.5 Å². The third kappa shape index (κ3) is 3.59. The quantitative estimate of drug-likeness (QED) is 0.429. The topological polar surface area (TPSA) is 52.1 Å². The van der Waals surface area contributed by atoms with Crippen molar-refractivity contribution in [1.29, 1.82) is 0 Å². The maximum absolute atomic E-state index is 13.2. The molecule has 4 aromatic rings. The van der Waals surface area contributed by atoms with E-state index in [1.807, 2.05) is 37.3 Å². The summed E-state index contributed by atoms with van der Waals surface area (Å²) in [5.74, 6) is 0.470. The molecule has 0 bridgehead atoms. The lowest BCUT2D eigenvalue weighted by Crippen LogP contribution is -2.07. The monoisotopic (exact) mass is 388 g/mol. The van der Waals surface area contributed by atoms with Gasteiger partial charge in [0.15, 0.2) is 5.78 Å². The number of ether oxygens (including phenoxy) is 1. The lowest BCUT2D eigenvalue weighted by Gasteiger charge is -2.14. The van der Waals surface area contributed by atoms with Gasteiger partial charge in [-0.15, -0.1) is 0 Å². The van der Waals surface area contributed by atoms with Gasteiger partial charge in [0.25, 0.3) is 0 Å². The maximum Gasteiger partial charge on any atom is 0.195 e. The highest BCUT2D eigenvalue weighted by Crippen LogP contribution is 2.31. The molecule has 0 saturated heterocycles. The van der Waals surface area contributed by atoms with Crippen molar-refractivity contribution in [1.82, 2.24) is 9.97 Å². The molecule has 0 amide bonds. The fraction of sp³-hybridized carbons (Fsp3) is 0.0870. The highest BCUT2D eigenvalue weighted by molar-refractivity contribution is 6.35. The second-order valence-corrected chi connectivity index (χ2v) is 6.82. The molecule has 0 spiro atoms. The summed E-state index contributed by atoms with van der Waals surface area (Å²) < 4.78 is 5.94. The van der Waals surface area contributed by atoms with E-state index in [2.05, 4.69) is 9.97 Å². The van der Waals surface area contributed by atoms with Crippen LogP contribution >= 0.6 is 11.6 Å². The molecule has 28 heavy (non-hydrogen) atoms. The Hall–Kier alpha value is -3.24. The Labute approximate surface area is 167 Å². The van der Waals surface area contributed by atoms with Crippen LogP contribution in [0.2, 0.25) is 5.02 Å². The predicted octanol–water partition coefficient (Wildman–Crippen LogP) is 5.40. The summed E-state index contributed by atoms with van der Waals surface area (Å²) in [7, 11) is 0. The summed E-state index contributed by atoms with van der Waals surface area (Å²) in [5.41, 5.74) is 4.12. The molecule has 3 aromatic carbocycles. The number of nitrogens with zero attached hydrogens (tertiary/aromatic N) is 2. The van der Waals surface area contributed by atoms with Gasteiger partial charge in [0.1, 0.15) is 12.4 Å². The zero-order chi connectivity index (χ0) is 19.5. The number of hydrogen-bond acceptors (Lipinski definition) is 4. The highest BCUT2D eigenvalue weighted by atomic mass is 35.5. The van der Waals surface area contributed by atoms with Crippen LogP contribution in [0.4, 0.5) is 0 Å². The van der Waals surface area contributed by atoms with Gasteiger partial charge in [-0.1, -0.05) is 41.9 Å². The van der Waals surface area contributed by atoms with Crippen LogP contribution in [0.1, 0.15) is 27.0 Å². The molecule has 1 aromatic heterocycles. The average Bonchev–Trinajstić information content (AvgIpc) is 2.73. The number of carbonyl (C=O) groups is 1. The molecule has 0 saturated carbocycles. The summed E-state index contributed by atoms with van der Waals surface area (Å²) in [5, 5.41) is 0.397. The van der Waals surface area contributed by atoms with Crippen LogP contribution in [0.25, 0.3) is 11.0 Å². The fourth-order valence-corrected chi connectivity index (χ4v) is 3.37. The van der Waals surface area contributed by atoms with E-state index in [0.29, 0.717) is 39.6 Å². The normalized spacial score (nSPS) is 10.8. The van der Waals surface area contributed by atoms with Crippen LogP contribution in [0, 0.1) is 6.92 Å². The second kappa shape index (κ2) is 7.79. The minimum atomic E-state index is -0.166. The molecule has 4 rings (SSSR count). The Morgan fingerprint density at radius 2 is 1.71 bits per heavy atom. The van der Waals surface area contributed by atoms with Gasteiger partial charge >= 0.3 is 0 Å². The summed E-state index contributed by atoms with van der Waals surface area (Å²) in [6, 6.07) is 18.6. The third-order valence-electron chi connectivity index (χ3n) is 4.56. The van der Waals surface area contributed by atoms with Crippen LogP contribution in [0.15, 0.2) is 73.1 Å². The van der Waals surface area contributed by atoms with Gasteiger partial charge in [0.2, 0.25) is 0 Å². The first-order valence-corrected chi connectivity index (χ1v) is 9.22. The second-order valence-electron chi connectivity index (χ2n) is 6.41. The van der Waals surface area contributed by atoms with Crippen LogP contribution in [0.5, 0.6) is 5.75 Å². The Balaban J connectivity index is 1.66. The van der Waals surface area contributed by atoms with Crippen LogP contribution < -0.4 is 4.74 Å². The minimum Gasteiger partial charge on any atom is -0.489 e. The first kappa shape index (κ1) is 18.1. The Bertz CT molecular complexity index is 1160. The molecule has 5 heteroatoms. The summed E-state index contributed by atoms with van der Waals surface area (Å²) in [6.07, 6.45) is 3.23. The van der Waals surface area contributed by atoms with Crippen molar-refractivity contribution in [2.24, 2.45) is 0 Å². The van der Waals surface area contributed by atoms with E-state index in [0.717, 1.165) is 11.1 Å². The van der Waals surface area contributed by atoms with Gasteiger partial charge in [-0.2, -0.15) is 0 Å². The average molecular weight is 389 g/mol. The molecule has 0 unspecified atom stereocenters. The molecule has 0 aliphatic heterocycles. The van der Waals surface area contributed by atoms with Gasteiger partial charge in [-0.05, 0) is 42.8 Å². The number of fused-ring (bicyclic) bond motifs is 1. The van der Waals surface area contributed by atoms with Crippen LogP contribution in [0.3, 0.4) is 0 Å². The lowest BCUT2D eigenvalue weighted by molar-refractivity contribution is 0.103. The van der Waals surface area contributed by atoms with E-state index in [9.17, 15) is 4.79 Å². The number of aromatic nitrogens is 2. The number of ketones is 1. The molecule has 0 atom stereocenters. The van der Waals surface area contributed by atoms with Crippen LogP contribution in [-0.4, -0.2) is 15.8 Å². The summed E-state index contributed by atoms with van der Waals surface area (Å²) >= 11 is 6.38. The number of benzene rings is 3. The number of hydrogen-bond donors (Lipinski definition) is 0. The lowest BCUT2D eigenvalue weighted by atomic mass is 9.98. The molecule has 138 valence electrons. The van der Waals surface area contributed by atoms with Gasteiger partial charge in [-0.25, -0.2) is 0 Å². The van der Waals surface area contributed by atoms with Crippen molar-refractivity contribution in [3.63, 3.8) is 0 Å². The van der Waals surface area contributed by atoms with E-state index in [4.69, 9.17) is 16.3 Å². The molecular weight excluding hydrogens is 372 g/mol. The SMILES string of the molecule is Cc1c(OCc2ccccc2)ccc(Cl)c1C(=O)c1ccc2nccnc2c1. The van der Waals surface area contributed by atoms with Crippen molar-refractivity contribution < 1.29 is 9.53 Å². The largest absolute Gasteiger partial charge is 0.489 e. The van der Waals surface area contributed by atoms with Crippen molar-refractivity contribution in [2.75, 3.05) is 0 Å². The molecule has 1 heterocycles. The summed E-state index contributed by atoms with van der Waals surface area (Å²) in [4.78, 5) is 21.7. The van der Waals surface area contributed by atoms with Gasteiger partial charge in [0, 0.05) is 29.1 Å². The van der Waals surface area contributed by atoms with Gasteiger partial charge in [-0.3, -0.25) is 14.8 Å². The number of rotatable bonds is 5. The smallest absolute Gasteiger partial charge is 0.195 e. The first-order chi connectivity index (χ1) is 13.6. The van der Waals surface area contributed by atoms with Gasteiger partial charge < -0.3 is 4.74 Å². The Kier molecular flexibility index (Phi) is 5.04. The van der Waals surface area contributed by atoms with E-state index in [1.165, 1.54) is 0 Å². The van der Waals surface area contributed by atoms with E-state index >= 15 is 0 Å². The van der Waals surface area contributed by atoms with Crippen LogP contribution in [-0.2, 0) is 6.61 Å².